The van der Waals surface area contributed by atoms with E-state index in [-0.39, 0.29) is 0 Å². The van der Waals surface area contributed by atoms with E-state index in [4.69, 9.17) is 11.5 Å². The van der Waals surface area contributed by atoms with Gasteiger partial charge in [-0.25, -0.2) is 11.5 Å². The average Bonchev–Trinajstić information content (AvgIpc) is 1.41. The minimum absolute atomic E-state index is 0.793. The molecule has 1 radical (unpaired) electrons. The van der Waals surface area contributed by atoms with Gasteiger partial charge in [-0.15, -0.1) is 6.58 Å². The van der Waals surface area contributed by atoms with E-state index in [9.17, 15) is 0 Å². The highest BCUT2D eigenvalue weighted by Crippen LogP contribution is 1.78. The zero-order chi connectivity index (χ0) is 4.12. The second kappa shape index (κ2) is 4.09. The van der Waals surface area contributed by atoms with Gasteiger partial charge >= 0.3 is 0 Å². The summed E-state index contributed by atoms with van der Waals surface area (Å²) in [6.07, 6.45) is 2.54. The van der Waals surface area contributed by atoms with Crippen molar-refractivity contribution in [1.82, 2.24) is 0 Å². The molecule has 0 saturated carbocycles. The van der Waals surface area contributed by atoms with E-state index < -0.39 is 0 Å². The minimum Gasteiger partial charge on any atom is -0.204 e. The van der Waals surface area contributed by atoms with E-state index in [0.717, 1.165) is 6.32 Å². The SMILES string of the molecule is C=CC[B]Cl. The lowest BCUT2D eigenvalue weighted by molar-refractivity contribution is 1.75. The van der Waals surface area contributed by atoms with Crippen molar-refractivity contribution in [1.29, 1.82) is 0 Å². The maximum Gasteiger partial charge on any atom is 0.242 e. The quantitative estimate of drug-likeness (QED) is 0.353. The fourth-order valence-electron chi connectivity index (χ4n) is 0.0630. The summed E-state index contributed by atoms with van der Waals surface area (Å²) in [5.41, 5.74) is 0. The minimum atomic E-state index is 0.793. The van der Waals surface area contributed by atoms with Crippen molar-refractivity contribution in [3.05, 3.63) is 12.7 Å². The first-order chi connectivity index (χ1) is 2.41. The highest BCUT2D eigenvalue weighted by Gasteiger charge is 1.70. The Morgan fingerprint density at radius 2 is 2.60 bits per heavy atom. The van der Waals surface area contributed by atoms with Crippen LogP contribution in [0.4, 0.5) is 0 Å². The molecule has 0 aromatic rings. The van der Waals surface area contributed by atoms with Gasteiger partial charge in [0.05, 0.1) is 0 Å². The molecule has 2 heteroatoms. The molecule has 0 aliphatic carbocycles. The van der Waals surface area contributed by atoms with Crippen LogP contribution < -0.4 is 0 Å². The van der Waals surface area contributed by atoms with E-state index in [2.05, 4.69) is 6.58 Å². The molecule has 0 atom stereocenters. The summed E-state index contributed by atoms with van der Waals surface area (Å²) in [6.45, 7) is 4.97. The van der Waals surface area contributed by atoms with Gasteiger partial charge in [-0.3, -0.25) is 0 Å². The third-order valence-corrected chi connectivity index (χ3v) is 0.434. The van der Waals surface area contributed by atoms with Gasteiger partial charge in [0, 0.05) is 0 Å². The summed E-state index contributed by atoms with van der Waals surface area (Å²) in [5.74, 6) is 0. The van der Waals surface area contributed by atoms with Gasteiger partial charge in [0.1, 0.15) is 0 Å². The molecule has 0 aliphatic rings. The lowest BCUT2D eigenvalue weighted by Crippen LogP contribution is -1.64. The number of halogens is 1. The molecule has 0 heterocycles. The zero-order valence-corrected chi connectivity index (χ0v) is 3.70. The van der Waals surface area contributed by atoms with Crippen molar-refractivity contribution in [3.63, 3.8) is 0 Å². The van der Waals surface area contributed by atoms with Crippen LogP contribution in [0.15, 0.2) is 12.7 Å². The number of rotatable bonds is 2. The van der Waals surface area contributed by atoms with Gasteiger partial charge < -0.3 is 0 Å². The molecule has 0 spiro atoms. The van der Waals surface area contributed by atoms with E-state index >= 15 is 0 Å². The molecule has 0 saturated heterocycles. The maximum atomic E-state index is 5.11. The van der Waals surface area contributed by atoms with Crippen molar-refractivity contribution >= 4 is 18.2 Å². The standard InChI is InChI=1S/C3H5BCl/c1-2-3-4-5/h2H,1,3H2. The fraction of sp³-hybridized carbons (Fsp3) is 0.333. The first-order valence-corrected chi connectivity index (χ1v) is 1.88. The molecule has 0 fully saturated rings. The highest BCUT2D eigenvalue weighted by molar-refractivity contribution is 6.93. The molecular weight excluding hydrogens is 82.3 g/mol. The summed E-state index contributed by atoms with van der Waals surface area (Å²) >= 11 is 5.11. The van der Waals surface area contributed by atoms with Crippen molar-refractivity contribution < 1.29 is 0 Å². The predicted octanol–water partition coefficient (Wildman–Crippen LogP) is 1.45. The molecule has 0 aromatic heterocycles. The maximum absolute atomic E-state index is 5.11. The summed E-state index contributed by atoms with van der Waals surface area (Å²) in [4.78, 5) is 0. The lowest BCUT2D eigenvalue weighted by Gasteiger charge is -1.66. The zero-order valence-electron chi connectivity index (χ0n) is 2.95. The van der Waals surface area contributed by atoms with Crippen LogP contribution in [0, 0.1) is 0 Å². The average molecular weight is 87.3 g/mol. The molecular formula is C3H5BCl. The Balaban J connectivity index is 2.40. The number of hydrogen-bond donors (Lipinski definition) is 0. The molecule has 27 valence electrons. The van der Waals surface area contributed by atoms with Gasteiger partial charge in [0.15, 0.2) is 0 Å². The van der Waals surface area contributed by atoms with Crippen LogP contribution in [0.2, 0.25) is 6.32 Å². The third-order valence-electron chi connectivity index (χ3n) is 0.256. The highest BCUT2D eigenvalue weighted by atomic mass is 35.5. The van der Waals surface area contributed by atoms with Crippen LogP contribution in [0.1, 0.15) is 0 Å². The molecule has 0 aromatic carbocycles. The second-order valence-corrected chi connectivity index (χ2v) is 0.987. The molecule has 0 aliphatic heterocycles. The Bertz CT molecular complexity index is 28.1. The summed E-state index contributed by atoms with van der Waals surface area (Å²) in [7, 11) is 0. The van der Waals surface area contributed by atoms with Crippen molar-refractivity contribution in [3.8, 4) is 0 Å². The van der Waals surface area contributed by atoms with E-state index in [1.165, 1.54) is 6.69 Å². The summed E-state index contributed by atoms with van der Waals surface area (Å²) < 4.78 is 0. The van der Waals surface area contributed by atoms with Gasteiger partial charge in [-0.1, -0.05) is 6.08 Å². The van der Waals surface area contributed by atoms with Crippen LogP contribution in [-0.2, 0) is 0 Å². The Kier molecular flexibility index (Phi) is 4.17. The molecule has 5 heavy (non-hydrogen) atoms. The molecule has 0 amide bonds. The summed E-state index contributed by atoms with van der Waals surface area (Å²) in [6, 6.07) is 0. The van der Waals surface area contributed by atoms with Gasteiger partial charge in [-0.2, -0.15) is 0 Å². The Morgan fingerprint density at radius 3 is 2.60 bits per heavy atom. The Morgan fingerprint density at radius 1 is 2.00 bits per heavy atom. The van der Waals surface area contributed by atoms with E-state index in [1.807, 2.05) is 0 Å². The molecule has 0 bridgehead atoms. The third kappa shape index (κ3) is 4.09. The topological polar surface area (TPSA) is 0 Å². The van der Waals surface area contributed by atoms with E-state index in [0.29, 0.717) is 0 Å². The van der Waals surface area contributed by atoms with Crippen molar-refractivity contribution in [2.24, 2.45) is 0 Å². The van der Waals surface area contributed by atoms with Crippen LogP contribution in [0.25, 0.3) is 0 Å². The molecule has 0 nitrogen and oxygen atoms in total. The van der Waals surface area contributed by atoms with Gasteiger partial charge in [0.2, 0.25) is 6.69 Å². The first-order valence-electron chi connectivity index (χ1n) is 1.44. The number of hydrogen-bond acceptors (Lipinski definition) is 0. The molecule has 0 N–H and O–H groups in total. The summed E-state index contributed by atoms with van der Waals surface area (Å²) in [5, 5.41) is 0. The van der Waals surface area contributed by atoms with Crippen LogP contribution >= 0.6 is 11.5 Å². The first kappa shape index (κ1) is 5.09. The Labute approximate surface area is 38.0 Å². The van der Waals surface area contributed by atoms with Crippen LogP contribution in [-0.4, -0.2) is 6.69 Å². The lowest BCUT2D eigenvalue weighted by atomic mass is 10.0. The Hall–Kier alpha value is 0.0949. The molecule has 0 unspecified atom stereocenters. The largest absolute Gasteiger partial charge is 0.242 e. The normalized spacial score (nSPS) is 6.60. The van der Waals surface area contributed by atoms with Crippen molar-refractivity contribution in [2.45, 2.75) is 6.32 Å². The predicted molar refractivity (Wildman–Crippen MR) is 26.6 cm³/mol. The van der Waals surface area contributed by atoms with Gasteiger partial charge in [0.25, 0.3) is 0 Å². The second-order valence-electron chi connectivity index (χ2n) is 0.679. The smallest absolute Gasteiger partial charge is 0.204 e. The number of allylic oxidation sites excluding steroid dienone is 1. The van der Waals surface area contributed by atoms with E-state index in [1.54, 1.807) is 6.08 Å². The monoisotopic (exact) mass is 87.0 g/mol. The van der Waals surface area contributed by atoms with Crippen LogP contribution in [0.5, 0.6) is 0 Å². The van der Waals surface area contributed by atoms with Gasteiger partial charge in [-0.05, 0) is 6.32 Å². The van der Waals surface area contributed by atoms with Crippen molar-refractivity contribution in [2.75, 3.05) is 0 Å². The van der Waals surface area contributed by atoms with Crippen LogP contribution in [0.3, 0.4) is 0 Å². The molecule has 0 rings (SSSR count). The fourth-order valence-corrected chi connectivity index (χ4v) is 0.189.